The molecule has 1 aromatic carbocycles. The number of hydrogen-bond donors (Lipinski definition) is 3. The summed E-state index contributed by atoms with van der Waals surface area (Å²) < 4.78 is 18.2. The third-order valence-corrected chi connectivity index (χ3v) is 1.96. The standard InChI is InChI=1S/C10H11FN2O4/c11-5-2-1-3-7(8(5)9(13)14)17-4-6(12)10(15)16/h1-3,6H,4,12H2,(H2,13,14)(H,15,16). The molecule has 1 unspecified atom stereocenters. The number of carbonyl (C=O) groups excluding carboxylic acids is 1. The van der Waals surface area contributed by atoms with Crippen molar-refractivity contribution in [2.24, 2.45) is 11.5 Å². The maximum atomic E-state index is 13.3. The average Bonchev–Trinajstić information content (AvgIpc) is 2.24. The number of carboxylic acids is 1. The molecule has 0 heterocycles. The molecule has 0 fully saturated rings. The van der Waals surface area contributed by atoms with E-state index in [9.17, 15) is 14.0 Å². The van der Waals surface area contributed by atoms with Crippen LogP contribution in [0, 0.1) is 5.82 Å². The van der Waals surface area contributed by atoms with Crippen LogP contribution in [0.3, 0.4) is 0 Å². The lowest BCUT2D eigenvalue weighted by Gasteiger charge is -2.12. The first kappa shape index (κ1) is 12.9. The lowest BCUT2D eigenvalue weighted by Crippen LogP contribution is -2.36. The lowest BCUT2D eigenvalue weighted by molar-refractivity contribution is -0.139. The largest absolute Gasteiger partial charge is 0.490 e. The van der Waals surface area contributed by atoms with Gasteiger partial charge in [-0.15, -0.1) is 0 Å². The predicted molar refractivity (Wildman–Crippen MR) is 56.0 cm³/mol. The third kappa shape index (κ3) is 3.15. The normalized spacial score (nSPS) is 11.9. The monoisotopic (exact) mass is 242 g/mol. The molecular formula is C10H11FN2O4. The number of benzene rings is 1. The molecule has 0 aliphatic carbocycles. The van der Waals surface area contributed by atoms with E-state index in [0.29, 0.717) is 0 Å². The van der Waals surface area contributed by atoms with Crippen LogP contribution >= 0.6 is 0 Å². The first-order valence-electron chi connectivity index (χ1n) is 4.63. The van der Waals surface area contributed by atoms with Crippen molar-refractivity contribution in [2.45, 2.75) is 6.04 Å². The minimum atomic E-state index is -1.26. The zero-order valence-corrected chi connectivity index (χ0v) is 8.72. The van der Waals surface area contributed by atoms with Crippen LogP contribution in [0.5, 0.6) is 5.75 Å². The van der Waals surface area contributed by atoms with Gasteiger partial charge in [0.1, 0.15) is 29.8 Å². The highest BCUT2D eigenvalue weighted by atomic mass is 19.1. The molecule has 0 saturated heterocycles. The topological polar surface area (TPSA) is 116 Å². The Morgan fingerprint density at radius 2 is 2.12 bits per heavy atom. The summed E-state index contributed by atoms with van der Waals surface area (Å²) in [6.45, 7) is -0.390. The maximum Gasteiger partial charge on any atom is 0.324 e. The number of amides is 1. The predicted octanol–water partition coefficient (Wildman–Crippen LogP) is -0.285. The van der Waals surface area contributed by atoms with Crippen molar-refractivity contribution in [1.82, 2.24) is 0 Å². The molecule has 1 amide bonds. The van der Waals surface area contributed by atoms with Crippen molar-refractivity contribution in [2.75, 3.05) is 6.61 Å². The van der Waals surface area contributed by atoms with Crippen molar-refractivity contribution < 1.29 is 23.8 Å². The summed E-state index contributed by atoms with van der Waals surface area (Å²) in [5.41, 5.74) is 9.74. The van der Waals surface area contributed by atoms with Crippen LogP contribution in [0.2, 0.25) is 0 Å². The molecule has 0 aromatic heterocycles. The number of aliphatic carboxylic acids is 1. The Hall–Kier alpha value is -2.15. The number of hydrogen-bond acceptors (Lipinski definition) is 4. The number of primary amides is 1. The Kier molecular flexibility index (Phi) is 4.00. The highest BCUT2D eigenvalue weighted by Gasteiger charge is 2.17. The summed E-state index contributed by atoms with van der Waals surface area (Å²) in [7, 11) is 0. The minimum absolute atomic E-state index is 0.130. The van der Waals surface area contributed by atoms with E-state index >= 15 is 0 Å². The van der Waals surface area contributed by atoms with Crippen LogP contribution in [0.15, 0.2) is 18.2 Å². The molecule has 17 heavy (non-hydrogen) atoms. The van der Waals surface area contributed by atoms with E-state index in [2.05, 4.69) is 0 Å². The van der Waals surface area contributed by atoms with Gasteiger partial charge in [-0.3, -0.25) is 9.59 Å². The fourth-order valence-electron chi connectivity index (χ4n) is 1.11. The van der Waals surface area contributed by atoms with Crippen LogP contribution in [0.25, 0.3) is 0 Å². The van der Waals surface area contributed by atoms with Crippen molar-refractivity contribution >= 4 is 11.9 Å². The van der Waals surface area contributed by atoms with Crippen LogP contribution in [-0.4, -0.2) is 29.6 Å². The molecule has 0 bridgehead atoms. The molecule has 1 atom stereocenters. The summed E-state index contributed by atoms with van der Waals surface area (Å²) in [4.78, 5) is 21.4. The second kappa shape index (κ2) is 5.26. The van der Waals surface area contributed by atoms with E-state index in [-0.39, 0.29) is 12.4 Å². The van der Waals surface area contributed by atoms with Crippen molar-refractivity contribution in [3.63, 3.8) is 0 Å². The SMILES string of the molecule is NC(=O)c1c(F)cccc1OCC(N)C(=O)O. The van der Waals surface area contributed by atoms with E-state index in [0.717, 1.165) is 6.07 Å². The van der Waals surface area contributed by atoms with E-state index in [1.165, 1.54) is 12.1 Å². The van der Waals surface area contributed by atoms with Gasteiger partial charge in [0.2, 0.25) is 0 Å². The average molecular weight is 242 g/mol. The number of carboxylic acid groups (broad SMARTS) is 1. The quantitative estimate of drug-likeness (QED) is 0.656. The summed E-state index contributed by atoms with van der Waals surface area (Å²) in [6, 6.07) is 2.39. The second-order valence-corrected chi connectivity index (χ2v) is 3.23. The molecule has 0 aliphatic rings. The Morgan fingerprint density at radius 3 is 2.65 bits per heavy atom. The molecule has 6 nitrogen and oxygen atoms in total. The fraction of sp³-hybridized carbons (Fsp3) is 0.200. The Bertz CT molecular complexity index is 450. The van der Waals surface area contributed by atoms with Gasteiger partial charge in [0.05, 0.1) is 0 Å². The minimum Gasteiger partial charge on any atom is -0.490 e. The van der Waals surface area contributed by atoms with Crippen LogP contribution in [-0.2, 0) is 4.79 Å². The Balaban J connectivity index is 2.88. The van der Waals surface area contributed by atoms with Gasteiger partial charge in [-0.25, -0.2) is 4.39 Å². The van der Waals surface area contributed by atoms with Crippen molar-refractivity contribution in [3.8, 4) is 5.75 Å². The molecule has 0 radical (unpaired) electrons. The van der Waals surface area contributed by atoms with Crippen LogP contribution in [0.4, 0.5) is 4.39 Å². The molecule has 92 valence electrons. The van der Waals surface area contributed by atoms with Gasteiger partial charge in [0.25, 0.3) is 5.91 Å². The summed E-state index contributed by atoms with van der Waals surface area (Å²) >= 11 is 0. The van der Waals surface area contributed by atoms with Gasteiger partial charge >= 0.3 is 5.97 Å². The maximum absolute atomic E-state index is 13.3. The van der Waals surface area contributed by atoms with Crippen LogP contribution in [0.1, 0.15) is 10.4 Å². The highest BCUT2D eigenvalue weighted by molar-refractivity contribution is 5.95. The number of carbonyl (C=O) groups is 2. The zero-order chi connectivity index (χ0) is 13.0. The second-order valence-electron chi connectivity index (χ2n) is 3.23. The van der Waals surface area contributed by atoms with Crippen LogP contribution < -0.4 is 16.2 Å². The van der Waals surface area contributed by atoms with Gasteiger partial charge in [-0.2, -0.15) is 0 Å². The molecule has 1 aromatic rings. The summed E-state index contributed by atoms with van der Waals surface area (Å²) in [5, 5.41) is 8.52. The van der Waals surface area contributed by atoms with E-state index < -0.39 is 29.3 Å². The van der Waals surface area contributed by atoms with Gasteiger partial charge < -0.3 is 21.3 Å². The number of ether oxygens (including phenoxy) is 1. The van der Waals surface area contributed by atoms with Gasteiger partial charge in [0.15, 0.2) is 0 Å². The van der Waals surface area contributed by atoms with Crippen molar-refractivity contribution in [3.05, 3.63) is 29.6 Å². The van der Waals surface area contributed by atoms with Gasteiger partial charge in [-0.05, 0) is 12.1 Å². The number of halogens is 1. The first-order chi connectivity index (χ1) is 7.93. The van der Waals surface area contributed by atoms with E-state index in [4.69, 9.17) is 21.3 Å². The first-order valence-corrected chi connectivity index (χ1v) is 4.63. The number of nitrogens with two attached hydrogens (primary N) is 2. The molecule has 7 heteroatoms. The third-order valence-electron chi connectivity index (χ3n) is 1.96. The van der Waals surface area contributed by atoms with Crippen molar-refractivity contribution in [1.29, 1.82) is 0 Å². The molecule has 1 rings (SSSR count). The van der Waals surface area contributed by atoms with E-state index in [1.807, 2.05) is 0 Å². The highest BCUT2D eigenvalue weighted by Crippen LogP contribution is 2.20. The zero-order valence-electron chi connectivity index (χ0n) is 8.72. The molecule has 5 N–H and O–H groups in total. The molecular weight excluding hydrogens is 231 g/mol. The summed E-state index contributed by atoms with van der Waals surface area (Å²) in [6.07, 6.45) is 0. The molecule has 0 aliphatic heterocycles. The lowest BCUT2D eigenvalue weighted by atomic mass is 10.2. The Morgan fingerprint density at radius 1 is 1.47 bits per heavy atom. The molecule has 0 saturated carbocycles. The van der Waals surface area contributed by atoms with E-state index in [1.54, 1.807) is 0 Å². The van der Waals surface area contributed by atoms with Gasteiger partial charge in [-0.1, -0.05) is 6.07 Å². The van der Waals surface area contributed by atoms with Gasteiger partial charge in [0, 0.05) is 0 Å². The molecule has 0 spiro atoms. The fourth-order valence-corrected chi connectivity index (χ4v) is 1.11. The smallest absolute Gasteiger partial charge is 0.324 e. The number of rotatable bonds is 5. The Labute approximate surface area is 96.0 Å². The summed E-state index contributed by atoms with van der Waals surface area (Å²) in [5.74, 6) is -3.22.